The summed E-state index contributed by atoms with van der Waals surface area (Å²) in [5.74, 6) is 0.566. The Bertz CT molecular complexity index is 841. The van der Waals surface area contributed by atoms with E-state index < -0.39 is 0 Å². The fraction of sp³-hybridized carbons (Fsp3) is 0.238. The Kier molecular flexibility index (Phi) is 7.21. The molecule has 0 saturated carbocycles. The minimum absolute atomic E-state index is 0.132. The Morgan fingerprint density at radius 3 is 2.48 bits per heavy atom. The highest BCUT2D eigenvalue weighted by Crippen LogP contribution is 2.21. The Labute approximate surface area is 164 Å². The van der Waals surface area contributed by atoms with Crippen LogP contribution in [-0.2, 0) is 19.4 Å². The number of rotatable bonds is 9. The summed E-state index contributed by atoms with van der Waals surface area (Å²) in [6.45, 7) is 2.98. The maximum Gasteiger partial charge on any atom is 0.227 e. The van der Waals surface area contributed by atoms with Gasteiger partial charge in [-0.1, -0.05) is 25.1 Å². The molecule has 1 aromatic heterocycles. The molecular weight excluding hydrogens is 356 g/mol. The van der Waals surface area contributed by atoms with Gasteiger partial charge < -0.3 is 10.4 Å². The van der Waals surface area contributed by atoms with E-state index in [2.05, 4.69) is 57.3 Å². The first-order valence-corrected chi connectivity index (χ1v) is 9.85. The summed E-state index contributed by atoms with van der Waals surface area (Å²) in [5, 5.41) is 12.6. The quantitative estimate of drug-likeness (QED) is 0.485. The highest BCUT2D eigenvalue weighted by Gasteiger charge is 2.06. The number of aliphatic hydroxyl groups is 1. The molecule has 6 heteroatoms. The monoisotopic (exact) mass is 380 g/mol. The number of hydrogen-bond acceptors (Lipinski definition) is 6. The van der Waals surface area contributed by atoms with Crippen LogP contribution in [0.2, 0.25) is 0 Å². The van der Waals surface area contributed by atoms with Gasteiger partial charge in [-0.15, -0.1) is 0 Å². The van der Waals surface area contributed by atoms with Crippen LogP contribution in [0.5, 0.6) is 0 Å². The second-order valence-corrected chi connectivity index (χ2v) is 7.04. The van der Waals surface area contributed by atoms with Gasteiger partial charge in [-0.3, -0.25) is 4.72 Å². The van der Waals surface area contributed by atoms with Crippen LogP contribution in [0.15, 0.2) is 65.8 Å². The minimum atomic E-state index is 0.132. The molecule has 3 rings (SSSR count). The van der Waals surface area contributed by atoms with Crippen LogP contribution in [0, 0.1) is 0 Å². The van der Waals surface area contributed by atoms with Crippen molar-refractivity contribution in [3.63, 3.8) is 0 Å². The number of anilines is 2. The predicted molar refractivity (Wildman–Crippen MR) is 111 cm³/mol. The van der Waals surface area contributed by atoms with E-state index in [-0.39, 0.29) is 6.61 Å². The van der Waals surface area contributed by atoms with Crippen molar-refractivity contribution in [1.82, 2.24) is 14.7 Å². The van der Waals surface area contributed by atoms with E-state index >= 15 is 0 Å². The van der Waals surface area contributed by atoms with Crippen molar-refractivity contribution in [2.75, 3.05) is 11.9 Å². The maximum atomic E-state index is 9.34. The van der Waals surface area contributed by atoms with E-state index in [1.54, 1.807) is 30.4 Å². The van der Waals surface area contributed by atoms with E-state index in [1.165, 1.54) is 10.5 Å². The lowest BCUT2D eigenvalue weighted by molar-refractivity contribution is 0.299. The van der Waals surface area contributed by atoms with Crippen LogP contribution in [0.4, 0.5) is 11.6 Å². The highest BCUT2D eigenvalue weighted by molar-refractivity contribution is 7.97. The molecule has 27 heavy (non-hydrogen) atoms. The van der Waals surface area contributed by atoms with Crippen LogP contribution < -0.4 is 10.0 Å². The topological polar surface area (TPSA) is 70.1 Å². The van der Waals surface area contributed by atoms with Crippen LogP contribution in [0.25, 0.3) is 0 Å². The zero-order valence-electron chi connectivity index (χ0n) is 15.4. The van der Waals surface area contributed by atoms with Gasteiger partial charge in [0.05, 0.1) is 0 Å². The predicted octanol–water partition coefficient (Wildman–Crippen LogP) is 4.11. The van der Waals surface area contributed by atoms with Crippen molar-refractivity contribution < 1.29 is 5.11 Å². The maximum absolute atomic E-state index is 9.34. The Hall–Kier alpha value is -2.41. The first-order chi connectivity index (χ1) is 13.3. The molecule has 3 N–H and O–H groups in total. The summed E-state index contributed by atoms with van der Waals surface area (Å²) in [4.78, 5) is 9.58. The SMILES string of the molecule is CCc1ccc(SNCc2cc(Nc3ncccn3)ccc2CCO)cc1. The van der Waals surface area contributed by atoms with Crippen LogP contribution >= 0.6 is 11.9 Å². The molecule has 0 saturated heterocycles. The summed E-state index contributed by atoms with van der Waals surface area (Å²) >= 11 is 1.61. The zero-order chi connectivity index (χ0) is 18.9. The van der Waals surface area contributed by atoms with Crippen molar-refractivity contribution in [3.05, 3.63) is 77.6 Å². The minimum Gasteiger partial charge on any atom is -0.396 e. The van der Waals surface area contributed by atoms with Gasteiger partial charge in [-0.05, 0) is 71.8 Å². The molecule has 0 fully saturated rings. The second-order valence-electron chi connectivity index (χ2n) is 6.08. The third kappa shape index (κ3) is 5.79. The lowest BCUT2D eigenvalue weighted by Gasteiger charge is -2.13. The van der Waals surface area contributed by atoms with E-state index in [0.29, 0.717) is 18.9 Å². The summed E-state index contributed by atoms with van der Waals surface area (Å²) in [5.41, 5.74) is 4.54. The van der Waals surface area contributed by atoms with E-state index in [1.807, 2.05) is 12.1 Å². The molecule has 0 atom stereocenters. The molecule has 1 heterocycles. The third-order valence-corrected chi connectivity index (χ3v) is 4.99. The molecule has 2 aromatic carbocycles. The van der Waals surface area contributed by atoms with Crippen LogP contribution in [-0.4, -0.2) is 21.7 Å². The lowest BCUT2D eigenvalue weighted by atomic mass is 10.0. The summed E-state index contributed by atoms with van der Waals surface area (Å²) in [7, 11) is 0. The molecule has 3 aromatic rings. The molecule has 140 valence electrons. The molecule has 0 radical (unpaired) electrons. The van der Waals surface area contributed by atoms with Gasteiger partial charge in [0.1, 0.15) is 0 Å². The van der Waals surface area contributed by atoms with Gasteiger partial charge in [0.2, 0.25) is 5.95 Å². The van der Waals surface area contributed by atoms with Gasteiger partial charge in [0.25, 0.3) is 0 Å². The second kappa shape index (κ2) is 10.1. The number of nitrogens with one attached hydrogen (secondary N) is 2. The molecule has 0 unspecified atom stereocenters. The molecule has 0 aliphatic carbocycles. The van der Waals surface area contributed by atoms with Gasteiger partial charge in [0.15, 0.2) is 0 Å². The molecule has 0 aliphatic heterocycles. The summed E-state index contributed by atoms with van der Waals surface area (Å²) in [6, 6.07) is 16.5. The first-order valence-electron chi connectivity index (χ1n) is 9.04. The molecule has 5 nitrogen and oxygen atoms in total. The number of aliphatic hydroxyl groups excluding tert-OH is 1. The van der Waals surface area contributed by atoms with E-state index in [9.17, 15) is 5.11 Å². The van der Waals surface area contributed by atoms with Crippen molar-refractivity contribution in [2.45, 2.75) is 31.2 Å². The van der Waals surface area contributed by atoms with Crippen LogP contribution in [0.1, 0.15) is 23.6 Å². The fourth-order valence-electron chi connectivity index (χ4n) is 2.72. The molecule has 0 spiro atoms. The summed E-state index contributed by atoms with van der Waals surface area (Å²) < 4.78 is 3.42. The summed E-state index contributed by atoms with van der Waals surface area (Å²) in [6.07, 6.45) is 5.10. The van der Waals surface area contributed by atoms with E-state index in [0.717, 1.165) is 23.2 Å². The van der Waals surface area contributed by atoms with Gasteiger partial charge in [-0.2, -0.15) is 0 Å². The van der Waals surface area contributed by atoms with E-state index in [4.69, 9.17) is 0 Å². The van der Waals surface area contributed by atoms with Crippen molar-refractivity contribution in [2.24, 2.45) is 0 Å². The fourth-order valence-corrected chi connectivity index (χ4v) is 3.38. The van der Waals surface area contributed by atoms with Crippen molar-refractivity contribution in [1.29, 1.82) is 0 Å². The average molecular weight is 381 g/mol. The average Bonchev–Trinajstić information content (AvgIpc) is 2.71. The van der Waals surface area contributed by atoms with Crippen molar-refractivity contribution >= 4 is 23.6 Å². The van der Waals surface area contributed by atoms with Crippen molar-refractivity contribution in [3.8, 4) is 0 Å². The van der Waals surface area contributed by atoms with Crippen LogP contribution in [0.3, 0.4) is 0 Å². The Balaban J connectivity index is 1.66. The largest absolute Gasteiger partial charge is 0.396 e. The zero-order valence-corrected chi connectivity index (χ0v) is 16.2. The first kappa shape index (κ1) is 19.4. The number of benzene rings is 2. The molecule has 0 aliphatic rings. The van der Waals surface area contributed by atoms with Gasteiger partial charge in [-0.25, -0.2) is 9.97 Å². The standard InChI is InChI=1S/C21H24N4OS/c1-2-16-4-8-20(9-5-16)27-24-15-18-14-19(7-6-17(18)10-13-26)25-21-22-11-3-12-23-21/h3-9,11-12,14,24,26H,2,10,13,15H2,1H3,(H,22,23,25). The molecule has 0 bridgehead atoms. The third-order valence-electron chi connectivity index (χ3n) is 4.19. The van der Waals surface area contributed by atoms with Gasteiger partial charge in [0, 0.05) is 36.1 Å². The Morgan fingerprint density at radius 1 is 1.00 bits per heavy atom. The molecule has 0 amide bonds. The number of aromatic nitrogens is 2. The lowest BCUT2D eigenvalue weighted by Crippen LogP contribution is -2.08. The molecular formula is C21H24N4OS. The Morgan fingerprint density at radius 2 is 1.78 bits per heavy atom. The highest BCUT2D eigenvalue weighted by atomic mass is 32.2. The number of nitrogens with zero attached hydrogens (tertiary/aromatic N) is 2. The smallest absolute Gasteiger partial charge is 0.227 e. The van der Waals surface area contributed by atoms with Gasteiger partial charge >= 0.3 is 0 Å². The normalized spacial score (nSPS) is 10.7. The number of aryl methyl sites for hydroxylation is 1. The number of hydrogen-bond donors (Lipinski definition) is 3.